The quantitative estimate of drug-likeness (QED) is 0.430. The van der Waals surface area contributed by atoms with E-state index in [1.165, 1.54) is 12.8 Å². The van der Waals surface area contributed by atoms with Crippen molar-refractivity contribution in [3.63, 3.8) is 0 Å². The van der Waals surface area contributed by atoms with Gasteiger partial charge in [-0.15, -0.1) is 0 Å². The van der Waals surface area contributed by atoms with Crippen molar-refractivity contribution in [3.05, 3.63) is 0 Å². The fourth-order valence-corrected chi connectivity index (χ4v) is 4.97. The Morgan fingerprint density at radius 1 is 1.00 bits per heavy atom. The van der Waals surface area contributed by atoms with Crippen molar-refractivity contribution >= 4 is 11.9 Å². The van der Waals surface area contributed by atoms with Crippen LogP contribution in [0.15, 0.2) is 0 Å². The van der Waals surface area contributed by atoms with Gasteiger partial charge in [0.05, 0.1) is 6.61 Å². The monoisotopic (exact) mass is 380 g/mol. The number of fused-ring (bicyclic) bond motifs is 2. The van der Waals surface area contributed by atoms with Gasteiger partial charge in [-0.05, 0) is 74.5 Å². The number of rotatable bonds is 7. The Kier molecular flexibility index (Phi) is 7.38. The molecule has 4 heteroatoms. The lowest BCUT2D eigenvalue weighted by Crippen LogP contribution is -2.52. The second-order valence-electron chi connectivity index (χ2n) is 10.6. The Morgan fingerprint density at radius 3 is 2.37 bits per heavy atom. The van der Waals surface area contributed by atoms with E-state index in [4.69, 9.17) is 9.47 Å². The molecule has 0 saturated heterocycles. The molecule has 4 nitrogen and oxygen atoms in total. The Morgan fingerprint density at radius 2 is 1.70 bits per heavy atom. The van der Waals surface area contributed by atoms with Gasteiger partial charge in [0, 0.05) is 12.8 Å². The zero-order chi connectivity index (χ0) is 20.2. The summed E-state index contributed by atoms with van der Waals surface area (Å²) in [6.07, 6.45) is 6.95. The summed E-state index contributed by atoms with van der Waals surface area (Å²) in [5.74, 6) is 2.10. The maximum Gasteiger partial charge on any atom is 0.306 e. The molecule has 0 N–H and O–H groups in total. The van der Waals surface area contributed by atoms with Crippen LogP contribution in [0.25, 0.3) is 0 Å². The minimum Gasteiger partial charge on any atom is -0.466 e. The lowest BCUT2D eigenvalue weighted by Gasteiger charge is -2.52. The molecule has 0 spiro atoms. The van der Waals surface area contributed by atoms with Crippen LogP contribution in [0.2, 0.25) is 0 Å². The first-order valence-electron chi connectivity index (χ1n) is 10.9. The molecule has 0 amide bonds. The summed E-state index contributed by atoms with van der Waals surface area (Å²) in [7, 11) is 0. The molecular formula is C23H40O4. The third kappa shape index (κ3) is 6.50. The smallest absolute Gasteiger partial charge is 0.306 e. The molecule has 5 unspecified atom stereocenters. The number of esters is 2. The molecule has 27 heavy (non-hydrogen) atoms. The number of hydrogen-bond donors (Lipinski definition) is 0. The predicted octanol–water partition coefficient (Wildman–Crippen LogP) is 5.53. The van der Waals surface area contributed by atoms with E-state index >= 15 is 0 Å². The highest BCUT2D eigenvalue weighted by Crippen LogP contribution is 2.51. The standard InChI is InChI=1S/C23H40O4/c1-16-12-18-14-17(2)23(6,19(13-16)15-18)27-21(25)8-7-11-26-20(24)9-10-22(3,4)5/h16-19H,7-15H2,1-6H3. The first-order valence-corrected chi connectivity index (χ1v) is 10.9. The van der Waals surface area contributed by atoms with Crippen molar-refractivity contribution < 1.29 is 19.1 Å². The molecule has 0 heterocycles. The summed E-state index contributed by atoms with van der Waals surface area (Å²) in [4.78, 5) is 24.2. The van der Waals surface area contributed by atoms with Crippen LogP contribution in [0.3, 0.4) is 0 Å². The average molecular weight is 381 g/mol. The van der Waals surface area contributed by atoms with Crippen LogP contribution in [-0.4, -0.2) is 24.1 Å². The van der Waals surface area contributed by atoms with Crippen LogP contribution >= 0.6 is 0 Å². The fourth-order valence-electron chi connectivity index (χ4n) is 4.97. The van der Waals surface area contributed by atoms with Crippen molar-refractivity contribution in [2.24, 2.45) is 29.1 Å². The van der Waals surface area contributed by atoms with E-state index in [1.54, 1.807) is 0 Å². The van der Waals surface area contributed by atoms with E-state index in [9.17, 15) is 9.59 Å². The lowest BCUT2D eigenvalue weighted by molar-refractivity contribution is -0.185. The maximum atomic E-state index is 12.4. The summed E-state index contributed by atoms with van der Waals surface area (Å²) >= 11 is 0. The van der Waals surface area contributed by atoms with Gasteiger partial charge in [0.15, 0.2) is 0 Å². The molecule has 2 fully saturated rings. The summed E-state index contributed by atoms with van der Waals surface area (Å²) in [5, 5.41) is 0. The molecule has 0 aliphatic heterocycles. The minimum absolute atomic E-state index is 0.130. The second-order valence-corrected chi connectivity index (χ2v) is 10.6. The van der Waals surface area contributed by atoms with E-state index in [0.29, 0.717) is 37.7 Å². The molecule has 0 aromatic heterocycles. The van der Waals surface area contributed by atoms with Gasteiger partial charge in [-0.1, -0.05) is 34.6 Å². The van der Waals surface area contributed by atoms with Crippen LogP contribution in [0.4, 0.5) is 0 Å². The largest absolute Gasteiger partial charge is 0.466 e. The Balaban J connectivity index is 1.72. The highest BCUT2D eigenvalue weighted by atomic mass is 16.6. The molecule has 2 rings (SSSR count). The van der Waals surface area contributed by atoms with Gasteiger partial charge in [0.2, 0.25) is 0 Å². The number of ether oxygens (including phenoxy) is 2. The van der Waals surface area contributed by atoms with Crippen molar-refractivity contribution in [2.75, 3.05) is 6.61 Å². The van der Waals surface area contributed by atoms with Crippen molar-refractivity contribution in [2.45, 2.75) is 98.5 Å². The fraction of sp³-hybridized carbons (Fsp3) is 0.913. The minimum atomic E-state index is -0.342. The van der Waals surface area contributed by atoms with Gasteiger partial charge in [-0.25, -0.2) is 0 Å². The van der Waals surface area contributed by atoms with E-state index in [0.717, 1.165) is 31.1 Å². The molecule has 2 saturated carbocycles. The highest BCUT2D eigenvalue weighted by molar-refractivity contribution is 5.70. The number of carbonyl (C=O) groups excluding carboxylic acids is 2. The predicted molar refractivity (Wildman–Crippen MR) is 107 cm³/mol. The van der Waals surface area contributed by atoms with Gasteiger partial charge in [-0.3, -0.25) is 9.59 Å². The number of hydrogen-bond acceptors (Lipinski definition) is 4. The zero-order valence-electron chi connectivity index (χ0n) is 18.3. The molecule has 156 valence electrons. The summed E-state index contributed by atoms with van der Waals surface area (Å²) in [5.41, 5.74) is -0.212. The first-order chi connectivity index (χ1) is 12.5. The average Bonchev–Trinajstić information content (AvgIpc) is 2.54. The molecule has 2 aliphatic rings. The maximum absolute atomic E-state index is 12.4. The van der Waals surface area contributed by atoms with Crippen LogP contribution in [0.1, 0.15) is 92.9 Å². The highest BCUT2D eigenvalue weighted by Gasteiger charge is 2.50. The van der Waals surface area contributed by atoms with Gasteiger partial charge in [-0.2, -0.15) is 0 Å². The molecular weight excluding hydrogens is 340 g/mol. The van der Waals surface area contributed by atoms with Crippen molar-refractivity contribution in [1.29, 1.82) is 0 Å². The first kappa shape index (κ1) is 22.2. The zero-order valence-corrected chi connectivity index (χ0v) is 18.3. The van der Waals surface area contributed by atoms with Crippen LogP contribution in [0, 0.1) is 29.1 Å². The molecule has 0 aromatic rings. The van der Waals surface area contributed by atoms with Crippen LogP contribution < -0.4 is 0 Å². The van der Waals surface area contributed by atoms with Crippen molar-refractivity contribution in [1.82, 2.24) is 0 Å². The molecule has 0 aromatic carbocycles. The Hall–Kier alpha value is -1.06. The lowest BCUT2D eigenvalue weighted by atomic mass is 9.58. The number of carbonyl (C=O) groups is 2. The molecule has 5 atom stereocenters. The third-order valence-corrected chi connectivity index (χ3v) is 6.72. The normalized spacial score (nSPS) is 33.4. The topological polar surface area (TPSA) is 52.6 Å². The summed E-state index contributed by atoms with van der Waals surface area (Å²) in [6, 6.07) is 0. The van der Waals surface area contributed by atoms with E-state index in [1.807, 2.05) is 0 Å². The molecule has 2 bridgehead atoms. The van der Waals surface area contributed by atoms with Gasteiger partial charge >= 0.3 is 11.9 Å². The molecule has 0 radical (unpaired) electrons. The Bertz CT molecular complexity index is 517. The van der Waals surface area contributed by atoms with Crippen LogP contribution in [-0.2, 0) is 19.1 Å². The van der Waals surface area contributed by atoms with E-state index < -0.39 is 0 Å². The van der Waals surface area contributed by atoms with E-state index in [-0.39, 0.29) is 23.0 Å². The van der Waals surface area contributed by atoms with Gasteiger partial charge in [0.1, 0.15) is 5.60 Å². The third-order valence-electron chi connectivity index (χ3n) is 6.72. The van der Waals surface area contributed by atoms with Crippen LogP contribution in [0.5, 0.6) is 0 Å². The Labute approximate surface area is 165 Å². The second kappa shape index (κ2) is 8.96. The van der Waals surface area contributed by atoms with Gasteiger partial charge in [0.25, 0.3) is 0 Å². The van der Waals surface area contributed by atoms with E-state index in [2.05, 4.69) is 41.5 Å². The summed E-state index contributed by atoms with van der Waals surface area (Å²) < 4.78 is 11.3. The van der Waals surface area contributed by atoms with Gasteiger partial charge < -0.3 is 9.47 Å². The SMILES string of the molecule is CC1CC2CC(C)C(C)(OC(=O)CCCOC(=O)CCC(C)(C)C)C(C1)C2. The molecule has 2 aliphatic carbocycles. The van der Waals surface area contributed by atoms with Crippen molar-refractivity contribution in [3.8, 4) is 0 Å². The summed E-state index contributed by atoms with van der Waals surface area (Å²) in [6.45, 7) is 13.3.